The van der Waals surface area contributed by atoms with E-state index in [1.807, 2.05) is 0 Å². The van der Waals surface area contributed by atoms with Gasteiger partial charge in [0.25, 0.3) is 0 Å². The van der Waals surface area contributed by atoms with Crippen molar-refractivity contribution in [2.24, 2.45) is 0 Å². The van der Waals surface area contributed by atoms with E-state index in [1.54, 1.807) is 26.8 Å². The summed E-state index contributed by atoms with van der Waals surface area (Å²) in [5.41, 5.74) is 1.32. The van der Waals surface area contributed by atoms with Crippen molar-refractivity contribution in [3.63, 3.8) is 0 Å². The summed E-state index contributed by atoms with van der Waals surface area (Å²) in [5, 5.41) is 0.484. The third kappa shape index (κ3) is 4.08. The van der Waals surface area contributed by atoms with Crippen molar-refractivity contribution >= 4 is 12.1 Å². The molecule has 8 heteroatoms. The maximum Gasteiger partial charge on any atom is 0.452 e. The number of nitrogens with zero attached hydrogens (tertiary/aromatic N) is 4. The summed E-state index contributed by atoms with van der Waals surface area (Å²) in [7, 11) is 2.97. The molecule has 1 rings (SSSR count). The highest BCUT2D eigenvalue weighted by molar-refractivity contribution is 5.89. The number of urea groups is 1. The van der Waals surface area contributed by atoms with Crippen LogP contribution in [0, 0.1) is 13.8 Å². The first kappa shape index (κ1) is 15.7. The van der Waals surface area contributed by atoms with Gasteiger partial charge in [0.1, 0.15) is 0 Å². The second kappa shape index (κ2) is 6.69. The summed E-state index contributed by atoms with van der Waals surface area (Å²) in [6.07, 6.45) is -0.922. The molecule has 0 aromatic carbocycles. The number of hydroxylamine groups is 2. The van der Waals surface area contributed by atoms with Crippen LogP contribution in [0.3, 0.4) is 0 Å². The SMILES string of the molecule is CCOC(=O)N(Oc1nc(C)cc(C)n1)C(=O)N(C)C. The average molecular weight is 282 g/mol. The Kier molecular flexibility index (Phi) is 5.24. The predicted octanol–water partition coefficient (Wildman–Crippen LogP) is 1.53. The summed E-state index contributed by atoms with van der Waals surface area (Å²) in [5.74, 6) is 0. The first-order valence-corrected chi connectivity index (χ1v) is 6.03. The van der Waals surface area contributed by atoms with Gasteiger partial charge in [0.15, 0.2) is 0 Å². The molecule has 0 saturated heterocycles. The number of amides is 3. The van der Waals surface area contributed by atoms with Gasteiger partial charge in [-0.15, -0.1) is 0 Å². The van der Waals surface area contributed by atoms with Crippen LogP contribution in [-0.2, 0) is 4.74 Å². The Labute approximate surface area is 117 Å². The molecule has 20 heavy (non-hydrogen) atoms. The summed E-state index contributed by atoms with van der Waals surface area (Å²) in [4.78, 5) is 38.0. The van der Waals surface area contributed by atoms with Gasteiger partial charge in [0, 0.05) is 25.5 Å². The van der Waals surface area contributed by atoms with Gasteiger partial charge in [-0.1, -0.05) is 0 Å². The van der Waals surface area contributed by atoms with Crippen LogP contribution in [0.25, 0.3) is 0 Å². The maximum absolute atomic E-state index is 11.9. The number of hydrogen-bond acceptors (Lipinski definition) is 6. The number of imide groups is 1. The quantitative estimate of drug-likeness (QED) is 0.781. The van der Waals surface area contributed by atoms with Gasteiger partial charge in [-0.2, -0.15) is 9.97 Å². The van der Waals surface area contributed by atoms with Gasteiger partial charge >= 0.3 is 18.1 Å². The van der Waals surface area contributed by atoms with Gasteiger partial charge in [0.05, 0.1) is 6.61 Å². The van der Waals surface area contributed by atoms with Crippen LogP contribution in [0.5, 0.6) is 6.01 Å². The Morgan fingerprint density at radius 3 is 2.20 bits per heavy atom. The first-order valence-electron chi connectivity index (χ1n) is 6.03. The molecule has 1 heterocycles. The minimum atomic E-state index is -0.922. The molecule has 0 aliphatic heterocycles. The van der Waals surface area contributed by atoms with Crippen molar-refractivity contribution in [1.29, 1.82) is 0 Å². The van der Waals surface area contributed by atoms with Crippen molar-refractivity contribution in [2.45, 2.75) is 20.8 Å². The highest BCUT2D eigenvalue weighted by atomic mass is 16.7. The number of carbonyl (C=O) groups excluding carboxylic acids is 2. The zero-order valence-electron chi connectivity index (χ0n) is 12.2. The number of hydrogen-bond donors (Lipinski definition) is 0. The van der Waals surface area contributed by atoms with Crippen LogP contribution in [0.15, 0.2) is 6.07 Å². The molecule has 0 bridgehead atoms. The fourth-order valence-corrected chi connectivity index (χ4v) is 1.33. The second-order valence-electron chi connectivity index (χ2n) is 4.19. The van der Waals surface area contributed by atoms with Crippen molar-refractivity contribution < 1.29 is 19.2 Å². The van der Waals surface area contributed by atoms with E-state index >= 15 is 0 Å². The van der Waals surface area contributed by atoms with Crippen molar-refractivity contribution in [1.82, 2.24) is 19.9 Å². The zero-order valence-corrected chi connectivity index (χ0v) is 12.2. The normalized spacial score (nSPS) is 9.85. The summed E-state index contributed by atoms with van der Waals surface area (Å²) < 4.78 is 4.77. The maximum atomic E-state index is 11.9. The van der Waals surface area contributed by atoms with Crippen molar-refractivity contribution in [2.75, 3.05) is 20.7 Å². The Bertz CT molecular complexity index is 484. The molecule has 0 N–H and O–H groups in total. The van der Waals surface area contributed by atoms with E-state index in [9.17, 15) is 9.59 Å². The third-order valence-electron chi connectivity index (χ3n) is 2.12. The highest BCUT2D eigenvalue weighted by Gasteiger charge is 2.28. The number of aromatic nitrogens is 2. The fraction of sp³-hybridized carbons (Fsp3) is 0.500. The zero-order chi connectivity index (χ0) is 15.3. The van der Waals surface area contributed by atoms with E-state index in [4.69, 9.17) is 9.57 Å². The Morgan fingerprint density at radius 1 is 1.20 bits per heavy atom. The van der Waals surface area contributed by atoms with Gasteiger partial charge < -0.3 is 14.5 Å². The summed E-state index contributed by atoms with van der Waals surface area (Å²) in [6.45, 7) is 5.25. The largest absolute Gasteiger partial charge is 0.452 e. The molecule has 0 saturated carbocycles. The smallest absolute Gasteiger partial charge is 0.447 e. The van der Waals surface area contributed by atoms with E-state index in [1.165, 1.54) is 19.0 Å². The van der Waals surface area contributed by atoms with Crippen LogP contribution < -0.4 is 4.84 Å². The Hall–Kier alpha value is -2.38. The van der Waals surface area contributed by atoms with E-state index in [0.29, 0.717) is 16.5 Å². The van der Waals surface area contributed by atoms with E-state index in [0.717, 1.165) is 0 Å². The first-order chi connectivity index (χ1) is 9.35. The third-order valence-corrected chi connectivity index (χ3v) is 2.12. The lowest BCUT2D eigenvalue weighted by Crippen LogP contribution is -2.46. The average Bonchev–Trinajstić information content (AvgIpc) is 2.34. The summed E-state index contributed by atoms with van der Waals surface area (Å²) in [6, 6.07) is 0.965. The van der Waals surface area contributed by atoms with Crippen LogP contribution in [0.2, 0.25) is 0 Å². The number of aryl methyl sites for hydroxylation is 2. The van der Waals surface area contributed by atoms with Crippen LogP contribution >= 0.6 is 0 Å². The minimum Gasteiger partial charge on any atom is -0.447 e. The Morgan fingerprint density at radius 2 is 1.75 bits per heavy atom. The Balaban J connectivity index is 2.99. The van der Waals surface area contributed by atoms with E-state index in [-0.39, 0.29) is 12.6 Å². The fourth-order valence-electron chi connectivity index (χ4n) is 1.33. The molecular weight excluding hydrogens is 264 g/mol. The molecule has 0 aliphatic rings. The number of ether oxygens (including phenoxy) is 1. The van der Waals surface area contributed by atoms with Crippen molar-refractivity contribution in [3.05, 3.63) is 17.5 Å². The topological polar surface area (TPSA) is 84.9 Å². The van der Waals surface area contributed by atoms with Gasteiger partial charge in [-0.05, 0) is 31.9 Å². The van der Waals surface area contributed by atoms with Gasteiger partial charge in [-0.3, -0.25) is 0 Å². The molecule has 3 amide bonds. The minimum absolute atomic E-state index is 0.0919. The van der Waals surface area contributed by atoms with Gasteiger partial charge in [-0.25, -0.2) is 9.59 Å². The lowest BCUT2D eigenvalue weighted by atomic mass is 10.4. The molecule has 1 aromatic rings. The van der Waals surface area contributed by atoms with Crippen molar-refractivity contribution in [3.8, 4) is 6.01 Å². The van der Waals surface area contributed by atoms with Crippen LogP contribution in [0.4, 0.5) is 9.59 Å². The van der Waals surface area contributed by atoms with Crippen LogP contribution in [-0.4, -0.2) is 52.8 Å². The molecule has 0 fully saturated rings. The molecule has 0 atom stereocenters. The molecule has 0 radical (unpaired) electrons. The van der Waals surface area contributed by atoms with Crippen LogP contribution in [0.1, 0.15) is 18.3 Å². The standard InChI is InChI=1S/C12H18N4O4/c1-6-19-12(18)16(11(17)15(4)5)20-10-13-8(2)7-9(3)14-10/h7H,6H2,1-5H3. The lowest BCUT2D eigenvalue weighted by molar-refractivity contribution is -0.0273. The van der Waals surface area contributed by atoms with E-state index in [2.05, 4.69) is 9.97 Å². The highest BCUT2D eigenvalue weighted by Crippen LogP contribution is 2.10. The molecule has 8 nitrogen and oxygen atoms in total. The number of rotatable bonds is 3. The molecule has 110 valence electrons. The molecule has 0 aliphatic carbocycles. The second-order valence-corrected chi connectivity index (χ2v) is 4.19. The molecule has 0 spiro atoms. The van der Waals surface area contributed by atoms with E-state index < -0.39 is 12.1 Å². The summed E-state index contributed by atoms with van der Waals surface area (Å²) >= 11 is 0. The predicted molar refractivity (Wildman–Crippen MR) is 70.1 cm³/mol. The van der Waals surface area contributed by atoms with Gasteiger partial charge in [0.2, 0.25) is 0 Å². The number of carbonyl (C=O) groups is 2. The molecule has 1 aromatic heterocycles. The lowest BCUT2D eigenvalue weighted by Gasteiger charge is -2.21. The molecular formula is C12H18N4O4. The molecule has 0 unspecified atom stereocenters. The monoisotopic (exact) mass is 282 g/mol.